The third kappa shape index (κ3) is 8.98. The summed E-state index contributed by atoms with van der Waals surface area (Å²) in [7, 11) is 0. The van der Waals surface area contributed by atoms with Crippen molar-refractivity contribution in [2.75, 3.05) is 26.3 Å². The zero-order valence-electron chi connectivity index (χ0n) is 16.9. The van der Waals surface area contributed by atoms with Crippen LogP contribution in [0.3, 0.4) is 0 Å². The second kappa shape index (κ2) is 14.7. The fraction of sp³-hybridized carbons (Fsp3) is 0.200. The van der Waals surface area contributed by atoms with Crippen LogP contribution in [0.15, 0.2) is 102 Å². The number of thiophene rings is 1. The number of benzene rings is 1. The van der Waals surface area contributed by atoms with E-state index in [1.54, 1.807) is 11.3 Å². The van der Waals surface area contributed by atoms with E-state index in [0.29, 0.717) is 0 Å². The standard InChI is InChI=1S/C16H18N2OS.C7H4.C2H4/c1-13-4-6-14(7-5-13)17-16(15-3-2-12-20-15)18-8-10-19-11-9-18;1-3-5-7-6-4-2;1-2/h2-7,12H,8-11H2,1H3;1-2H2;1-2H2. The molecule has 2 aromatic rings. The number of morpholine rings is 1. The van der Waals surface area contributed by atoms with Crippen LogP contribution in [0.4, 0.5) is 5.69 Å². The average Bonchev–Trinajstić information content (AvgIpc) is 3.31. The Morgan fingerprint density at radius 3 is 2.14 bits per heavy atom. The summed E-state index contributed by atoms with van der Waals surface area (Å²) in [6, 6.07) is 12.6. The van der Waals surface area contributed by atoms with E-state index in [0.717, 1.165) is 37.8 Å². The Bertz CT molecular complexity index is 915. The Hall–Kier alpha value is -3.27. The van der Waals surface area contributed by atoms with E-state index in [4.69, 9.17) is 9.73 Å². The smallest absolute Gasteiger partial charge is 0.146 e. The highest BCUT2D eigenvalue weighted by Crippen LogP contribution is 2.20. The summed E-state index contributed by atoms with van der Waals surface area (Å²) < 4.78 is 5.44. The molecule has 2 heterocycles. The molecule has 148 valence electrons. The van der Waals surface area contributed by atoms with Gasteiger partial charge < -0.3 is 9.64 Å². The molecule has 0 radical (unpaired) electrons. The molecule has 1 aliphatic heterocycles. The van der Waals surface area contributed by atoms with Crippen LogP contribution in [0.5, 0.6) is 0 Å². The van der Waals surface area contributed by atoms with Crippen molar-refractivity contribution in [1.29, 1.82) is 0 Å². The van der Waals surface area contributed by atoms with Gasteiger partial charge in [0.25, 0.3) is 0 Å². The summed E-state index contributed by atoms with van der Waals surface area (Å²) >= 11 is 1.73. The lowest BCUT2D eigenvalue weighted by molar-refractivity contribution is 0.0684. The second-order valence-electron chi connectivity index (χ2n) is 5.58. The number of ether oxygens (including phenoxy) is 1. The van der Waals surface area contributed by atoms with Crippen LogP contribution in [0, 0.1) is 6.92 Å². The molecule has 3 rings (SSSR count). The number of hydrogen-bond donors (Lipinski definition) is 0. The molecule has 1 fully saturated rings. The van der Waals surface area contributed by atoms with Crippen molar-refractivity contribution >= 4 is 22.9 Å². The summed E-state index contributed by atoms with van der Waals surface area (Å²) in [5.74, 6) is 1.06. The van der Waals surface area contributed by atoms with Gasteiger partial charge >= 0.3 is 0 Å². The molecule has 0 unspecified atom stereocenters. The number of amidine groups is 1. The molecule has 1 aliphatic rings. The van der Waals surface area contributed by atoms with Gasteiger partial charge in [-0.2, -0.15) is 0 Å². The summed E-state index contributed by atoms with van der Waals surface area (Å²) in [6.45, 7) is 17.9. The first kappa shape index (κ1) is 23.8. The van der Waals surface area contributed by atoms with Crippen LogP contribution in [-0.4, -0.2) is 37.0 Å². The number of aryl methyl sites for hydroxylation is 1. The Balaban J connectivity index is 0.000000399. The van der Waals surface area contributed by atoms with E-state index in [-0.39, 0.29) is 0 Å². The molecule has 0 amide bonds. The Kier molecular flexibility index (Phi) is 12.1. The minimum absolute atomic E-state index is 0.776. The largest absolute Gasteiger partial charge is 0.378 e. The number of nitrogens with zero attached hydrogens (tertiary/aromatic N) is 2. The molecule has 0 bridgehead atoms. The molecule has 1 aromatic heterocycles. The summed E-state index contributed by atoms with van der Waals surface area (Å²) in [6.07, 6.45) is 0. The number of hydrogen-bond acceptors (Lipinski definition) is 3. The van der Waals surface area contributed by atoms with Crippen LogP contribution in [0.1, 0.15) is 10.4 Å². The molecule has 3 nitrogen and oxygen atoms in total. The number of rotatable bonds is 2. The Morgan fingerprint density at radius 2 is 1.62 bits per heavy atom. The lowest BCUT2D eigenvalue weighted by Crippen LogP contribution is -2.40. The molecule has 0 N–H and O–H groups in total. The van der Waals surface area contributed by atoms with Gasteiger partial charge in [0.1, 0.15) is 5.84 Å². The molecular formula is C25H26N2OS. The van der Waals surface area contributed by atoms with Gasteiger partial charge in [-0.3, -0.25) is 0 Å². The molecular weight excluding hydrogens is 376 g/mol. The van der Waals surface area contributed by atoms with E-state index in [1.807, 2.05) is 0 Å². The van der Waals surface area contributed by atoms with Crippen LogP contribution in [0.25, 0.3) is 0 Å². The van der Waals surface area contributed by atoms with E-state index >= 15 is 0 Å². The van der Waals surface area contributed by atoms with Gasteiger partial charge in [0.2, 0.25) is 0 Å². The maximum absolute atomic E-state index is 5.44. The molecule has 0 spiro atoms. The van der Waals surface area contributed by atoms with Crippen molar-refractivity contribution in [3.8, 4) is 0 Å². The van der Waals surface area contributed by atoms with E-state index in [1.165, 1.54) is 10.4 Å². The molecule has 0 saturated carbocycles. The highest BCUT2D eigenvalue weighted by Gasteiger charge is 2.17. The predicted octanol–water partition coefficient (Wildman–Crippen LogP) is 5.85. The maximum Gasteiger partial charge on any atom is 0.146 e. The average molecular weight is 403 g/mol. The fourth-order valence-electron chi connectivity index (χ4n) is 2.32. The normalized spacial score (nSPS) is 12.3. The van der Waals surface area contributed by atoms with Crippen molar-refractivity contribution < 1.29 is 4.74 Å². The van der Waals surface area contributed by atoms with E-state index < -0.39 is 0 Å². The zero-order valence-corrected chi connectivity index (χ0v) is 17.7. The van der Waals surface area contributed by atoms with Gasteiger partial charge in [-0.05, 0) is 60.9 Å². The maximum atomic E-state index is 5.44. The van der Waals surface area contributed by atoms with E-state index in [9.17, 15) is 0 Å². The third-order valence-corrected chi connectivity index (χ3v) is 4.49. The van der Waals surface area contributed by atoms with Crippen molar-refractivity contribution in [2.24, 2.45) is 4.99 Å². The van der Waals surface area contributed by atoms with Crippen molar-refractivity contribution in [1.82, 2.24) is 4.90 Å². The third-order valence-electron chi connectivity index (χ3n) is 3.62. The summed E-state index contributed by atoms with van der Waals surface area (Å²) in [5.41, 5.74) is 14.3. The first-order chi connectivity index (χ1) is 14.2. The minimum atomic E-state index is 0.776. The molecule has 29 heavy (non-hydrogen) atoms. The number of aliphatic imine (C=N–C) groups is 1. The van der Waals surface area contributed by atoms with Gasteiger partial charge in [0, 0.05) is 13.1 Å². The molecule has 1 saturated heterocycles. The topological polar surface area (TPSA) is 24.8 Å². The highest BCUT2D eigenvalue weighted by molar-refractivity contribution is 7.12. The van der Waals surface area contributed by atoms with Gasteiger partial charge in [-0.1, -0.05) is 35.2 Å². The van der Waals surface area contributed by atoms with Crippen molar-refractivity contribution in [2.45, 2.75) is 6.92 Å². The Morgan fingerprint density at radius 1 is 1.00 bits per heavy atom. The van der Waals surface area contributed by atoms with Crippen LogP contribution >= 0.6 is 11.3 Å². The molecule has 0 aliphatic carbocycles. The summed E-state index contributed by atoms with van der Waals surface area (Å²) in [5, 5.41) is 2.10. The second-order valence-corrected chi connectivity index (χ2v) is 6.52. The van der Waals surface area contributed by atoms with Crippen molar-refractivity contribution in [3.05, 3.63) is 107 Å². The lowest BCUT2D eigenvalue weighted by atomic mass is 10.2. The lowest BCUT2D eigenvalue weighted by Gasteiger charge is -2.29. The first-order valence-electron chi connectivity index (χ1n) is 9.05. The monoisotopic (exact) mass is 402 g/mol. The fourth-order valence-corrected chi connectivity index (χ4v) is 3.06. The van der Waals surface area contributed by atoms with Crippen LogP contribution in [-0.2, 0) is 4.74 Å². The van der Waals surface area contributed by atoms with Crippen LogP contribution in [0.2, 0.25) is 0 Å². The minimum Gasteiger partial charge on any atom is -0.378 e. The van der Waals surface area contributed by atoms with Gasteiger partial charge in [-0.25, -0.2) is 4.99 Å². The van der Waals surface area contributed by atoms with E-state index in [2.05, 4.69) is 109 Å². The van der Waals surface area contributed by atoms with Gasteiger partial charge in [0.15, 0.2) is 0 Å². The molecule has 0 atom stereocenters. The van der Waals surface area contributed by atoms with Crippen molar-refractivity contribution in [3.63, 3.8) is 0 Å². The Labute approximate surface area is 178 Å². The summed E-state index contributed by atoms with van der Waals surface area (Å²) in [4.78, 5) is 8.39. The quantitative estimate of drug-likeness (QED) is 0.273. The van der Waals surface area contributed by atoms with Crippen LogP contribution < -0.4 is 0 Å². The van der Waals surface area contributed by atoms with Gasteiger partial charge in [0.05, 0.1) is 23.8 Å². The van der Waals surface area contributed by atoms with Gasteiger partial charge in [-0.15, -0.1) is 24.5 Å². The highest BCUT2D eigenvalue weighted by atomic mass is 32.1. The molecule has 4 heteroatoms. The molecule has 1 aromatic carbocycles. The predicted molar refractivity (Wildman–Crippen MR) is 124 cm³/mol. The SMILES string of the molecule is C=C.C=C=C=C=C=C=C.Cc1ccc(N=C(c2cccs2)N2CCOCC2)cc1. The zero-order chi connectivity index (χ0) is 21.3. The first-order valence-corrected chi connectivity index (χ1v) is 9.93.